The Morgan fingerprint density at radius 1 is 1.18 bits per heavy atom. The Kier molecular flexibility index (Phi) is 4.26. The van der Waals surface area contributed by atoms with Crippen LogP contribution >= 0.6 is 0 Å². The third-order valence-corrected chi connectivity index (χ3v) is 5.57. The number of furan rings is 1. The van der Waals surface area contributed by atoms with Gasteiger partial charge in [0.15, 0.2) is 11.5 Å². The summed E-state index contributed by atoms with van der Waals surface area (Å²) in [5.74, 6) is 0.455. The number of carbonyl (C=O) groups excluding carboxylic acids is 2. The molecular formula is C23H23NO4. The van der Waals surface area contributed by atoms with E-state index in [1.807, 2.05) is 45.0 Å². The molecule has 144 valence electrons. The highest BCUT2D eigenvalue weighted by molar-refractivity contribution is 6.14. The topological polar surface area (TPSA) is 68.5 Å². The van der Waals surface area contributed by atoms with E-state index in [4.69, 9.17) is 9.15 Å². The molecule has 1 aromatic heterocycles. The standard InChI is InChI=1S/C23H23NO4/c1-5-23(4)12-16(25)20-18(28-23)11-10-17-19(20)14(3)21(27-17)22(26)24-15-9-7-6-8-13(15)2/h6-11H,5,12H2,1-4H3,(H,24,26). The molecule has 0 fully saturated rings. The van der Waals surface area contributed by atoms with Crippen LogP contribution in [0.4, 0.5) is 5.69 Å². The van der Waals surface area contributed by atoms with Crippen molar-refractivity contribution in [2.75, 3.05) is 5.32 Å². The fourth-order valence-electron chi connectivity index (χ4n) is 3.72. The molecule has 2 aromatic carbocycles. The lowest BCUT2D eigenvalue weighted by Crippen LogP contribution is -2.38. The highest BCUT2D eigenvalue weighted by atomic mass is 16.5. The summed E-state index contributed by atoms with van der Waals surface area (Å²) in [6.45, 7) is 7.69. The molecule has 4 rings (SSSR count). The molecular weight excluding hydrogens is 354 g/mol. The number of amides is 1. The molecule has 2 heterocycles. The van der Waals surface area contributed by atoms with Crippen molar-refractivity contribution in [1.82, 2.24) is 0 Å². The molecule has 1 aliphatic rings. The molecule has 3 aromatic rings. The maximum atomic E-state index is 12.9. The highest BCUT2D eigenvalue weighted by Gasteiger charge is 2.37. The fourth-order valence-corrected chi connectivity index (χ4v) is 3.72. The van der Waals surface area contributed by atoms with Gasteiger partial charge in [0.25, 0.3) is 5.91 Å². The average molecular weight is 377 g/mol. The summed E-state index contributed by atoms with van der Waals surface area (Å²) in [5, 5.41) is 3.56. The number of fused-ring (bicyclic) bond motifs is 3. The maximum absolute atomic E-state index is 12.9. The van der Waals surface area contributed by atoms with Gasteiger partial charge in [0.1, 0.15) is 16.9 Å². The normalized spacial score (nSPS) is 18.6. The van der Waals surface area contributed by atoms with Crippen LogP contribution in [0.5, 0.6) is 5.75 Å². The zero-order valence-electron chi connectivity index (χ0n) is 16.5. The molecule has 0 radical (unpaired) electrons. The van der Waals surface area contributed by atoms with E-state index in [9.17, 15) is 9.59 Å². The SMILES string of the molecule is CCC1(C)CC(=O)c2c(ccc3oc(C(=O)Nc4ccccc4C)c(C)c23)O1. The molecule has 0 saturated heterocycles. The lowest BCUT2D eigenvalue weighted by atomic mass is 9.87. The van der Waals surface area contributed by atoms with Crippen molar-refractivity contribution in [3.05, 3.63) is 58.8 Å². The zero-order chi connectivity index (χ0) is 20.1. The van der Waals surface area contributed by atoms with Crippen LogP contribution in [0.3, 0.4) is 0 Å². The highest BCUT2D eigenvalue weighted by Crippen LogP contribution is 2.41. The summed E-state index contributed by atoms with van der Waals surface area (Å²) in [6.07, 6.45) is 1.05. The van der Waals surface area contributed by atoms with Crippen molar-refractivity contribution in [3.8, 4) is 5.75 Å². The molecule has 1 amide bonds. The van der Waals surface area contributed by atoms with E-state index in [1.54, 1.807) is 19.1 Å². The number of Topliss-reactive ketones (excluding diaryl/α,β-unsaturated/α-hetero) is 1. The largest absolute Gasteiger partial charge is 0.486 e. The number of para-hydroxylation sites is 1. The Hall–Kier alpha value is -3.08. The van der Waals surface area contributed by atoms with Crippen LogP contribution in [0.1, 0.15) is 58.7 Å². The first-order valence-electron chi connectivity index (χ1n) is 9.48. The van der Waals surface area contributed by atoms with Crippen LogP contribution in [0.25, 0.3) is 11.0 Å². The van der Waals surface area contributed by atoms with E-state index >= 15 is 0 Å². The predicted octanol–water partition coefficient (Wildman–Crippen LogP) is 5.44. The van der Waals surface area contributed by atoms with Gasteiger partial charge in [-0.3, -0.25) is 9.59 Å². The second kappa shape index (κ2) is 6.51. The number of ether oxygens (including phenoxy) is 1. The van der Waals surface area contributed by atoms with Crippen LogP contribution in [0, 0.1) is 13.8 Å². The Labute approximate surface area is 163 Å². The molecule has 0 aliphatic carbocycles. The van der Waals surface area contributed by atoms with Gasteiger partial charge in [-0.2, -0.15) is 0 Å². The summed E-state index contributed by atoms with van der Waals surface area (Å²) < 4.78 is 12.0. The second-order valence-electron chi connectivity index (χ2n) is 7.64. The third-order valence-electron chi connectivity index (χ3n) is 5.57. The molecule has 1 unspecified atom stereocenters. The van der Waals surface area contributed by atoms with Crippen molar-refractivity contribution in [3.63, 3.8) is 0 Å². The van der Waals surface area contributed by atoms with Crippen LogP contribution < -0.4 is 10.1 Å². The van der Waals surface area contributed by atoms with Crippen LogP contribution in [0.15, 0.2) is 40.8 Å². The number of carbonyl (C=O) groups is 2. The van der Waals surface area contributed by atoms with Gasteiger partial charge in [0.2, 0.25) is 0 Å². The van der Waals surface area contributed by atoms with Gasteiger partial charge in [-0.15, -0.1) is 0 Å². The molecule has 1 aliphatic heterocycles. The first-order valence-corrected chi connectivity index (χ1v) is 9.48. The Balaban J connectivity index is 1.78. The second-order valence-corrected chi connectivity index (χ2v) is 7.64. The smallest absolute Gasteiger partial charge is 0.291 e. The number of benzene rings is 2. The molecule has 28 heavy (non-hydrogen) atoms. The minimum atomic E-state index is -0.500. The van der Waals surface area contributed by atoms with E-state index in [-0.39, 0.29) is 17.5 Å². The van der Waals surface area contributed by atoms with Crippen molar-refractivity contribution in [1.29, 1.82) is 0 Å². The number of ketones is 1. The van der Waals surface area contributed by atoms with Crippen molar-refractivity contribution >= 4 is 28.3 Å². The molecule has 1 N–H and O–H groups in total. The van der Waals surface area contributed by atoms with Gasteiger partial charge in [-0.1, -0.05) is 25.1 Å². The van der Waals surface area contributed by atoms with Crippen LogP contribution in [-0.2, 0) is 0 Å². The Morgan fingerprint density at radius 2 is 1.93 bits per heavy atom. The summed E-state index contributed by atoms with van der Waals surface area (Å²) in [6, 6.07) is 11.1. The van der Waals surface area contributed by atoms with Gasteiger partial charge in [-0.05, 0) is 51.0 Å². The molecule has 5 heteroatoms. The Bertz CT molecular complexity index is 1110. The maximum Gasteiger partial charge on any atom is 0.291 e. The summed E-state index contributed by atoms with van der Waals surface area (Å²) in [4.78, 5) is 25.8. The molecule has 0 spiro atoms. The van der Waals surface area contributed by atoms with E-state index in [2.05, 4.69) is 5.32 Å². The van der Waals surface area contributed by atoms with Gasteiger partial charge >= 0.3 is 0 Å². The average Bonchev–Trinajstić information content (AvgIpc) is 3.00. The monoisotopic (exact) mass is 377 g/mol. The van der Waals surface area contributed by atoms with E-state index in [0.717, 1.165) is 17.7 Å². The van der Waals surface area contributed by atoms with Gasteiger partial charge < -0.3 is 14.5 Å². The summed E-state index contributed by atoms with van der Waals surface area (Å²) >= 11 is 0. The zero-order valence-corrected chi connectivity index (χ0v) is 16.5. The van der Waals surface area contributed by atoms with Gasteiger partial charge in [-0.25, -0.2) is 0 Å². The van der Waals surface area contributed by atoms with Crippen LogP contribution in [0.2, 0.25) is 0 Å². The fraction of sp³-hybridized carbons (Fsp3) is 0.304. The number of nitrogens with one attached hydrogen (secondary N) is 1. The molecule has 0 saturated carbocycles. The predicted molar refractivity (Wildman–Crippen MR) is 108 cm³/mol. The van der Waals surface area contributed by atoms with Crippen LogP contribution in [-0.4, -0.2) is 17.3 Å². The summed E-state index contributed by atoms with van der Waals surface area (Å²) in [5.41, 5.74) is 2.87. The third kappa shape index (κ3) is 2.87. The van der Waals surface area contributed by atoms with E-state index in [0.29, 0.717) is 34.3 Å². The lowest BCUT2D eigenvalue weighted by molar-refractivity contribution is 0.0503. The van der Waals surface area contributed by atoms with Gasteiger partial charge in [0, 0.05) is 16.6 Å². The summed E-state index contributed by atoms with van der Waals surface area (Å²) in [7, 11) is 0. The molecule has 5 nitrogen and oxygen atoms in total. The number of hydrogen-bond donors (Lipinski definition) is 1. The minimum Gasteiger partial charge on any atom is -0.486 e. The number of rotatable bonds is 3. The van der Waals surface area contributed by atoms with Crippen molar-refractivity contribution in [2.24, 2.45) is 0 Å². The number of anilines is 1. The van der Waals surface area contributed by atoms with Crippen molar-refractivity contribution < 1.29 is 18.7 Å². The van der Waals surface area contributed by atoms with E-state index < -0.39 is 5.60 Å². The first-order chi connectivity index (χ1) is 13.3. The first kappa shape index (κ1) is 18.3. The van der Waals surface area contributed by atoms with Crippen molar-refractivity contribution in [2.45, 2.75) is 46.1 Å². The minimum absolute atomic E-state index is 0.0194. The van der Waals surface area contributed by atoms with E-state index in [1.165, 1.54) is 0 Å². The van der Waals surface area contributed by atoms with Gasteiger partial charge in [0.05, 0.1) is 12.0 Å². The lowest BCUT2D eigenvalue weighted by Gasteiger charge is -2.34. The Morgan fingerprint density at radius 3 is 2.64 bits per heavy atom. The number of hydrogen-bond acceptors (Lipinski definition) is 4. The number of aryl methyl sites for hydroxylation is 2. The molecule has 0 bridgehead atoms. The molecule has 1 atom stereocenters. The quantitative estimate of drug-likeness (QED) is 0.660.